The third kappa shape index (κ3) is 1.93. The molecule has 96 valence electrons. The van der Waals surface area contributed by atoms with E-state index in [1.54, 1.807) is 0 Å². The maximum atomic E-state index is 12.4. The number of carbonyl (C=O) groups is 1. The highest BCUT2D eigenvalue weighted by molar-refractivity contribution is 5.82. The molecule has 1 aromatic carbocycles. The molecule has 1 heterocycles. The molecule has 1 amide bonds. The van der Waals surface area contributed by atoms with E-state index in [1.165, 1.54) is 11.1 Å². The van der Waals surface area contributed by atoms with E-state index in [2.05, 4.69) is 29.6 Å². The minimum atomic E-state index is 0.0442. The number of amides is 1. The van der Waals surface area contributed by atoms with Gasteiger partial charge >= 0.3 is 0 Å². The Morgan fingerprint density at radius 1 is 1.33 bits per heavy atom. The van der Waals surface area contributed by atoms with E-state index in [0.717, 1.165) is 32.2 Å². The lowest BCUT2D eigenvalue weighted by Crippen LogP contribution is -2.42. The third-order valence-electron chi connectivity index (χ3n) is 4.27. The van der Waals surface area contributed by atoms with Crippen LogP contribution in [0.25, 0.3) is 0 Å². The first kappa shape index (κ1) is 11.7. The van der Waals surface area contributed by atoms with Gasteiger partial charge in [-0.1, -0.05) is 24.3 Å². The molecule has 1 aliphatic carbocycles. The zero-order valence-corrected chi connectivity index (χ0v) is 10.9. The number of benzene rings is 1. The van der Waals surface area contributed by atoms with E-state index in [-0.39, 0.29) is 18.0 Å². The average Bonchev–Trinajstić information content (AvgIpc) is 3.06. The summed E-state index contributed by atoms with van der Waals surface area (Å²) in [5.74, 6) is 0.259. The monoisotopic (exact) mass is 244 g/mol. The number of fused-ring (bicyclic) bond motifs is 1. The Morgan fingerprint density at radius 3 is 2.94 bits per heavy atom. The maximum absolute atomic E-state index is 12.4. The van der Waals surface area contributed by atoms with Gasteiger partial charge in [-0.25, -0.2) is 0 Å². The van der Waals surface area contributed by atoms with Gasteiger partial charge in [-0.15, -0.1) is 0 Å². The van der Waals surface area contributed by atoms with Gasteiger partial charge in [0.1, 0.15) is 0 Å². The molecule has 1 saturated heterocycles. The molecule has 3 rings (SSSR count). The zero-order chi connectivity index (χ0) is 12.5. The maximum Gasteiger partial charge on any atom is 0.239 e. The van der Waals surface area contributed by atoms with Crippen LogP contribution >= 0.6 is 0 Å². The SMILES string of the molecule is CN(C(=O)[C@@H]1CCCN1)C1CCc2ccccc21. The van der Waals surface area contributed by atoms with Crippen LogP contribution in [0.15, 0.2) is 24.3 Å². The highest BCUT2D eigenvalue weighted by Gasteiger charge is 2.32. The second kappa shape index (κ2) is 4.73. The zero-order valence-electron chi connectivity index (χ0n) is 10.9. The van der Waals surface area contributed by atoms with Crippen molar-refractivity contribution in [2.75, 3.05) is 13.6 Å². The molecule has 2 aliphatic rings. The van der Waals surface area contributed by atoms with Crippen LogP contribution in [0.1, 0.15) is 36.4 Å². The molecule has 1 unspecified atom stereocenters. The largest absolute Gasteiger partial charge is 0.337 e. The second-order valence-corrected chi connectivity index (χ2v) is 5.35. The summed E-state index contributed by atoms with van der Waals surface area (Å²) in [5, 5.41) is 3.29. The number of nitrogens with zero attached hydrogens (tertiary/aromatic N) is 1. The first-order valence-corrected chi connectivity index (χ1v) is 6.85. The van der Waals surface area contributed by atoms with Gasteiger partial charge in [0.05, 0.1) is 12.1 Å². The Bertz CT molecular complexity index is 452. The number of rotatable bonds is 2. The van der Waals surface area contributed by atoms with Crippen LogP contribution in [0, 0.1) is 0 Å². The first-order chi connectivity index (χ1) is 8.77. The highest BCUT2D eigenvalue weighted by atomic mass is 16.2. The minimum Gasteiger partial charge on any atom is -0.337 e. The first-order valence-electron chi connectivity index (χ1n) is 6.85. The molecule has 1 aliphatic heterocycles. The van der Waals surface area contributed by atoms with Crippen molar-refractivity contribution in [1.82, 2.24) is 10.2 Å². The number of likely N-dealkylation sites (N-methyl/N-ethyl adjacent to an activating group) is 1. The number of aryl methyl sites for hydroxylation is 1. The summed E-state index contributed by atoms with van der Waals surface area (Å²) in [5.41, 5.74) is 2.74. The second-order valence-electron chi connectivity index (χ2n) is 5.35. The molecule has 3 heteroatoms. The van der Waals surface area contributed by atoms with E-state index in [9.17, 15) is 4.79 Å². The Morgan fingerprint density at radius 2 is 2.17 bits per heavy atom. The van der Waals surface area contributed by atoms with Gasteiger partial charge in [0.2, 0.25) is 5.91 Å². The summed E-state index contributed by atoms with van der Waals surface area (Å²) in [6.45, 7) is 0.978. The number of nitrogens with one attached hydrogen (secondary N) is 1. The molecule has 1 N–H and O–H groups in total. The normalized spacial score (nSPS) is 26.1. The van der Waals surface area contributed by atoms with Gasteiger partial charge in [-0.05, 0) is 43.4 Å². The van der Waals surface area contributed by atoms with Crippen molar-refractivity contribution in [3.05, 3.63) is 35.4 Å². The molecule has 3 nitrogen and oxygen atoms in total. The van der Waals surface area contributed by atoms with Gasteiger partial charge in [0, 0.05) is 7.05 Å². The summed E-state index contributed by atoms with van der Waals surface area (Å²) in [4.78, 5) is 14.4. The lowest BCUT2D eigenvalue weighted by molar-refractivity contribution is -0.134. The molecule has 0 spiro atoms. The van der Waals surface area contributed by atoms with E-state index in [0.29, 0.717) is 0 Å². The van der Waals surface area contributed by atoms with Crippen molar-refractivity contribution in [2.45, 2.75) is 37.8 Å². The number of carbonyl (C=O) groups excluding carboxylic acids is 1. The fourth-order valence-electron chi connectivity index (χ4n) is 3.23. The van der Waals surface area contributed by atoms with Gasteiger partial charge in [-0.3, -0.25) is 4.79 Å². The molecule has 0 bridgehead atoms. The predicted octanol–water partition coefficient (Wildman–Crippen LogP) is 1.88. The Labute approximate surface area is 108 Å². The van der Waals surface area contributed by atoms with E-state index >= 15 is 0 Å². The number of hydrogen-bond acceptors (Lipinski definition) is 2. The predicted molar refractivity (Wildman–Crippen MR) is 71.3 cm³/mol. The van der Waals surface area contributed by atoms with Crippen molar-refractivity contribution in [2.24, 2.45) is 0 Å². The van der Waals surface area contributed by atoms with Gasteiger partial charge in [-0.2, -0.15) is 0 Å². The molecule has 18 heavy (non-hydrogen) atoms. The van der Waals surface area contributed by atoms with E-state index in [1.807, 2.05) is 11.9 Å². The topological polar surface area (TPSA) is 32.3 Å². The van der Waals surface area contributed by atoms with Gasteiger partial charge < -0.3 is 10.2 Å². The van der Waals surface area contributed by atoms with Crippen LogP contribution in [-0.2, 0) is 11.2 Å². The van der Waals surface area contributed by atoms with Crippen LogP contribution in [0.4, 0.5) is 0 Å². The van der Waals surface area contributed by atoms with Crippen LogP contribution in [-0.4, -0.2) is 30.4 Å². The van der Waals surface area contributed by atoms with Crippen LogP contribution in [0.3, 0.4) is 0 Å². The smallest absolute Gasteiger partial charge is 0.239 e. The molecule has 0 radical (unpaired) electrons. The molecular formula is C15H20N2O. The molecular weight excluding hydrogens is 224 g/mol. The van der Waals surface area contributed by atoms with Crippen LogP contribution in [0.2, 0.25) is 0 Å². The summed E-state index contributed by atoms with van der Waals surface area (Å²) >= 11 is 0. The fourth-order valence-corrected chi connectivity index (χ4v) is 3.23. The Balaban J connectivity index is 1.77. The third-order valence-corrected chi connectivity index (χ3v) is 4.27. The fraction of sp³-hybridized carbons (Fsp3) is 0.533. The van der Waals surface area contributed by atoms with Crippen molar-refractivity contribution >= 4 is 5.91 Å². The van der Waals surface area contributed by atoms with Crippen molar-refractivity contribution in [3.63, 3.8) is 0 Å². The Hall–Kier alpha value is -1.35. The quantitative estimate of drug-likeness (QED) is 0.861. The lowest BCUT2D eigenvalue weighted by Gasteiger charge is -2.28. The molecule has 0 aromatic heterocycles. The molecule has 0 saturated carbocycles. The van der Waals surface area contributed by atoms with Gasteiger partial charge in [0.15, 0.2) is 0 Å². The molecule has 1 fully saturated rings. The number of hydrogen-bond donors (Lipinski definition) is 1. The van der Waals surface area contributed by atoms with E-state index in [4.69, 9.17) is 0 Å². The van der Waals surface area contributed by atoms with Crippen molar-refractivity contribution in [3.8, 4) is 0 Å². The Kier molecular flexibility index (Phi) is 3.08. The highest BCUT2D eigenvalue weighted by Crippen LogP contribution is 2.35. The average molecular weight is 244 g/mol. The van der Waals surface area contributed by atoms with Crippen molar-refractivity contribution in [1.29, 1.82) is 0 Å². The van der Waals surface area contributed by atoms with Crippen LogP contribution in [0.5, 0.6) is 0 Å². The molecule has 2 atom stereocenters. The summed E-state index contributed by atoms with van der Waals surface area (Å²) < 4.78 is 0. The van der Waals surface area contributed by atoms with Crippen molar-refractivity contribution < 1.29 is 4.79 Å². The van der Waals surface area contributed by atoms with Gasteiger partial charge in [0.25, 0.3) is 0 Å². The standard InChI is InChI=1S/C15H20N2O/c1-17(15(18)13-7-4-10-16-13)14-9-8-11-5-2-3-6-12(11)14/h2-3,5-6,13-14,16H,4,7-10H2,1H3/t13-,14?/m0/s1. The summed E-state index contributed by atoms with van der Waals surface area (Å²) in [6.07, 6.45) is 4.26. The lowest BCUT2D eigenvalue weighted by atomic mass is 10.1. The molecule has 1 aromatic rings. The minimum absolute atomic E-state index is 0.0442. The summed E-state index contributed by atoms with van der Waals surface area (Å²) in [7, 11) is 1.95. The van der Waals surface area contributed by atoms with Crippen LogP contribution < -0.4 is 5.32 Å². The summed E-state index contributed by atoms with van der Waals surface area (Å²) in [6, 6.07) is 8.82. The van der Waals surface area contributed by atoms with E-state index < -0.39 is 0 Å².